The zero-order chi connectivity index (χ0) is 22.3. The van der Waals surface area contributed by atoms with Gasteiger partial charge in [-0.25, -0.2) is 0 Å². The number of nitrogens with zero attached hydrogens (tertiary/aromatic N) is 1. The van der Waals surface area contributed by atoms with E-state index >= 15 is 0 Å². The van der Waals surface area contributed by atoms with Crippen LogP contribution in [0.2, 0.25) is 0 Å². The van der Waals surface area contributed by atoms with Crippen LogP contribution in [0.1, 0.15) is 84.6 Å². The van der Waals surface area contributed by atoms with Gasteiger partial charge in [-0.1, -0.05) is 30.3 Å². The maximum atomic E-state index is 11.6. The summed E-state index contributed by atoms with van der Waals surface area (Å²) in [6, 6.07) is 10.6. The number of hydrogen-bond acceptors (Lipinski definition) is 2. The van der Waals surface area contributed by atoms with E-state index in [4.69, 9.17) is 0 Å². The van der Waals surface area contributed by atoms with Gasteiger partial charge < -0.3 is 9.96 Å². The van der Waals surface area contributed by atoms with E-state index in [2.05, 4.69) is 79.2 Å². The van der Waals surface area contributed by atoms with Gasteiger partial charge in [0.15, 0.2) is 0 Å². The normalized spacial score (nSPS) is 12.9. The molecule has 4 heteroatoms. The number of hydrogen-bond donors (Lipinski definition) is 1. The van der Waals surface area contributed by atoms with Crippen LogP contribution in [0.25, 0.3) is 0 Å². The van der Waals surface area contributed by atoms with E-state index in [1.807, 2.05) is 0 Å². The van der Waals surface area contributed by atoms with Crippen molar-refractivity contribution in [2.45, 2.75) is 85.6 Å². The van der Waals surface area contributed by atoms with E-state index in [1.165, 1.54) is 56.9 Å². The summed E-state index contributed by atoms with van der Waals surface area (Å²) in [6.07, 6.45) is 14.4. The molecule has 0 radical (unpaired) electrons. The molecule has 2 N–H and O–H groups in total. The molecule has 0 spiro atoms. The number of benzene rings is 1. The maximum absolute atomic E-state index is 11.6. The first-order valence-electron chi connectivity index (χ1n) is 12.2. The molecule has 0 saturated heterocycles. The number of quaternary nitrogens is 1. The Morgan fingerprint density at radius 3 is 1.27 bits per heavy atom. The van der Waals surface area contributed by atoms with Gasteiger partial charge in [-0.15, -0.1) is 0 Å². The second-order valence-electron chi connectivity index (χ2n) is 10.2. The molecule has 0 aliphatic rings. The minimum atomic E-state index is -2.36. The summed E-state index contributed by atoms with van der Waals surface area (Å²) >= 11 is 0. The monoisotopic (exact) mass is 443 g/mol. The summed E-state index contributed by atoms with van der Waals surface area (Å²) in [5.74, 6) is 0. The molecule has 180 valence electrons. The van der Waals surface area contributed by atoms with Crippen molar-refractivity contribution in [2.75, 3.05) is 45.8 Å². The quantitative estimate of drug-likeness (QED) is 0.241. The van der Waals surface area contributed by atoms with Crippen LogP contribution >= 0.6 is 6.83 Å². The average Bonchev–Trinajstić information content (AvgIpc) is 2.69. The van der Waals surface area contributed by atoms with Crippen molar-refractivity contribution in [2.24, 2.45) is 0 Å². The third-order valence-corrected chi connectivity index (χ3v) is 11.7. The Bertz CT molecular complexity index is 470. The van der Waals surface area contributed by atoms with Crippen LogP contribution in [-0.2, 0) is 6.54 Å². The van der Waals surface area contributed by atoms with Gasteiger partial charge in [-0.3, -0.25) is 0 Å². The molecule has 0 aliphatic carbocycles. The van der Waals surface area contributed by atoms with Crippen LogP contribution in [-0.4, -0.2) is 60.6 Å². The van der Waals surface area contributed by atoms with Gasteiger partial charge in [0.2, 0.25) is 0 Å². The van der Waals surface area contributed by atoms with Gasteiger partial charge in [0.25, 0.3) is 0 Å². The minimum absolute atomic E-state index is 0. The standard InChI is InChI=1S/C16H37OP.C10H16N.H2O/c1-5-9-13-18(17,14-10-6-2,15-11-7-3)16-12-8-4;1-11(2,3)9-10-7-5-4-6-8-10;/h17H,5-16H2,1-4H3;4-8H,9H2,1-3H3;1H2/q;+1;/p-1. The van der Waals surface area contributed by atoms with Crippen LogP contribution in [0.15, 0.2) is 30.3 Å². The molecule has 0 unspecified atom stereocenters. The summed E-state index contributed by atoms with van der Waals surface area (Å²) in [7, 11) is 6.60. The van der Waals surface area contributed by atoms with Crippen molar-refractivity contribution >= 4 is 6.83 Å². The smallest absolute Gasteiger partial charge is 0.104 e. The van der Waals surface area contributed by atoms with E-state index < -0.39 is 6.83 Å². The van der Waals surface area contributed by atoms with Crippen LogP contribution in [0.3, 0.4) is 0 Å². The molecule has 0 fully saturated rings. The van der Waals surface area contributed by atoms with Gasteiger partial charge in [0, 0.05) is 5.56 Å². The van der Waals surface area contributed by atoms with Gasteiger partial charge in [0.05, 0.1) is 21.1 Å². The summed E-state index contributed by atoms with van der Waals surface area (Å²) in [5, 5.41) is 0. The molecule has 0 aromatic heterocycles. The molecule has 0 atom stereocenters. The summed E-state index contributed by atoms with van der Waals surface area (Å²) in [4.78, 5) is 11.6. The molecule has 1 aromatic rings. The third kappa shape index (κ3) is 14.5. The Morgan fingerprint density at radius 2 is 1.00 bits per heavy atom. The van der Waals surface area contributed by atoms with Crippen LogP contribution in [0, 0.1) is 0 Å². The SMILES string of the molecule is CCCCP(O)(CCCC)(CCCC)CCCC.C[N+](C)(C)Cc1ccccc1.[OH-]. The van der Waals surface area contributed by atoms with E-state index in [-0.39, 0.29) is 5.48 Å². The van der Waals surface area contributed by atoms with Crippen LogP contribution in [0.4, 0.5) is 0 Å². The van der Waals surface area contributed by atoms with Gasteiger partial charge in [0.1, 0.15) is 6.54 Å². The number of unbranched alkanes of at least 4 members (excludes halogenated alkanes) is 4. The average molecular weight is 444 g/mol. The molecule has 0 bridgehead atoms. The third-order valence-electron chi connectivity index (χ3n) is 5.84. The molecule has 0 heterocycles. The molecule has 1 rings (SSSR count). The predicted molar refractivity (Wildman–Crippen MR) is 138 cm³/mol. The summed E-state index contributed by atoms with van der Waals surface area (Å²) in [5.41, 5.74) is 1.40. The minimum Gasteiger partial charge on any atom is -0.870 e. The first-order chi connectivity index (χ1) is 13.6. The molecular weight excluding hydrogens is 389 g/mol. The van der Waals surface area contributed by atoms with E-state index in [0.717, 1.165) is 35.7 Å². The van der Waals surface area contributed by atoms with Crippen LogP contribution < -0.4 is 0 Å². The zero-order valence-electron chi connectivity index (χ0n) is 21.4. The first kappa shape index (κ1) is 31.7. The Hall–Kier alpha value is -0.470. The maximum Gasteiger partial charge on any atom is 0.104 e. The topological polar surface area (TPSA) is 50.2 Å². The van der Waals surface area contributed by atoms with E-state index in [9.17, 15) is 4.89 Å². The molecule has 30 heavy (non-hydrogen) atoms. The van der Waals surface area contributed by atoms with Crippen molar-refractivity contribution in [3.8, 4) is 0 Å². The Morgan fingerprint density at radius 1 is 0.667 bits per heavy atom. The van der Waals surface area contributed by atoms with Crippen LogP contribution in [0.5, 0.6) is 0 Å². The first-order valence-corrected chi connectivity index (χ1v) is 15.1. The van der Waals surface area contributed by atoms with Crippen molar-refractivity contribution < 1.29 is 14.9 Å². The van der Waals surface area contributed by atoms with E-state index in [0.29, 0.717) is 0 Å². The van der Waals surface area contributed by atoms with Crippen molar-refractivity contribution in [1.82, 2.24) is 0 Å². The van der Waals surface area contributed by atoms with Crippen molar-refractivity contribution in [3.63, 3.8) is 0 Å². The molecule has 0 aliphatic heterocycles. The fourth-order valence-electron chi connectivity index (χ4n) is 4.06. The summed E-state index contributed by atoms with van der Waals surface area (Å²) < 4.78 is 0.990. The fourth-order valence-corrected chi connectivity index (χ4v) is 9.91. The Labute approximate surface area is 189 Å². The van der Waals surface area contributed by atoms with Gasteiger partial charge in [-0.2, -0.15) is 0 Å². The zero-order valence-corrected chi connectivity index (χ0v) is 22.3. The summed E-state index contributed by atoms with van der Waals surface area (Å²) in [6.45, 7) is 7.74. The second-order valence-corrected chi connectivity index (χ2v) is 15.8. The number of rotatable bonds is 14. The Balaban J connectivity index is 0. The fraction of sp³-hybridized carbons (Fsp3) is 0.769. The van der Waals surface area contributed by atoms with E-state index in [1.54, 1.807) is 0 Å². The van der Waals surface area contributed by atoms with Crippen molar-refractivity contribution in [1.29, 1.82) is 0 Å². The molecule has 1 aromatic carbocycles. The van der Waals surface area contributed by atoms with Gasteiger partial charge >= 0.3 is 115 Å². The van der Waals surface area contributed by atoms with Crippen molar-refractivity contribution in [3.05, 3.63) is 35.9 Å². The molecule has 0 amide bonds. The largest absolute Gasteiger partial charge is 0.870 e. The second kappa shape index (κ2) is 16.2. The Kier molecular flexibility index (Phi) is 17.1. The molecular formula is C26H54NO2P. The molecule has 0 saturated carbocycles. The molecule has 3 nitrogen and oxygen atoms in total. The predicted octanol–water partition coefficient (Wildman–Crippen LogP) is 7.36. The van der Waals surface area contributed by atoms with Gasteiger partial charge in [-0.05, 0) is 0 Å².